The quantitative estimate of drug-likeness (QED) is 0.0369. The van der Waals surface area contributed by atoms with Crippen molar-refractivity contribution >= 4 is 105 Å². The van der Waals surface area contributed by atoms with Crippen LogP contribution in [0.4, 0.5) is 0 Å². The molecule has 0 aliphatic carbocycles. The van der Waals surface area contributed by atoms with Gasteiger partial charge in [-0.05, 0) is 153 Å². The fourth-order valence-electron chi connectivity index (χ4n) is 13.8. The minimum Gasteiger partial charge on any atom is -0.394 e. The highest BCUT2D eigenvalue weighted by Crippen LogP contribution is 2.27. The van der Waals surface area contributed by atoms with Crippen LogP contribution in [0.5, 0.6) is 0 Å². The molecule has 0 bridgehead atoms. The maximum atomic E-state index is 15.0. The number of fused-ring (bicyclic) bond motifs is 4. The average Bonchev–Trinajstić information content (AvgIpc) is 1.69. The molecule has 610 valence electrons. The summed E-state index contributed by atoms with van der Waals surface area (Å²) in [6, 6.07) is -6.52. The van der Waals surface area contributed by atoms with Gasteiger partial charge in [-0.3, -0.25) is 67.1 Å². The Balaban J connectivity index is 1.23. The summed E-state index contributed by atoms with van der Waals surface area (Å²) in [5.41, 5.74) is 38.4. The highest BCUT2D eigenvalue weighted by Gasteiger charge is 2.46. The van der Waals surface area contributed by atoms with E-state index in [1.807, 2.05) is 0 Å². The maximum Gasteiger partial charge on any atom is 0.248 e. The number of hydrogen-bond donors (Lipinski definition) is 22. The lowest BCUT2D eigenvalue weighted by Gasteiger charge is -2.33. The summed E-state index contributed by atoms with van der Waals surface area (Å²) in [5.74, 6) is -13.4. The molecule has 4 aromatic rings. The molecule has 111 heavy (non-hydrogen) atoms. The minimum absolute atomic E-state index is 0.0147. The number of hydrogen-bond acceptors (Lipinski definition) is 22. The van der Waals surface area contributed by atoms with Gasteiger partial charge in [-0.15, -0.1) is 0 Å². The molecule has 7 rings (SSSR count). The van der Waals surface area contributed by atoms with E-state index in [1.165, 1.54) is 18.7 Å². The van der Waals surface area contributed by atoms with E-state index >= 15 is 0 Å². The standard InChI is InChI=1S/C73H112N22O16/c1-5-38(2)58-70(108)88-52(24-30-79)65(103)83-47(17-10-25-74)62(100)85-49(21-27-76)63(101)86-51(23-29-78)66(104)89-53(33-41-35-80-45-15-8-6-13-43(41)45)67(105)87-50(22-28-77)64(102)84-48(20-26-75)61(99)82-39(3)60(98)91-55(37-96)72(110)95-32-12-19-57(95)73(111)94-31-11-18-56(94)69(107)93-59(40(4)97)71(109)90-54(68(106)92-58)34-42-36-81-46-16-9-7-14-44(42)46/h6-9,13-16,35-36,38-40,47-59,80-81,96-97H,5,10-12,17-34,37,74-79H2,1-4H3,(H,82,99)(H,83,103)(H,84,102)(H,85,100)(H,86,101)(H,87,105)(H,88,108)(H,89,104)(H,90,109)(H,91,98)(H,92,106)(H,93,107)/t38?,39?,40?,47?,48?,49?,50?,51?,52?,53?,54-,55?,56-,57+,58-,59-/m1/s1. The first kappa shape index (κ1) is 88.0. The summed E-state index contributed by atoms with van der Waals surface area (Å²) in [6.07, 6.45) is 1.13. The summed E-state index contributed by atoms with van der Waals surface area (Å²) in [7, 11) is 0. The van der Waals surface area contributed by atoms with Crippen LogP contribution in [-0.2, 0) is 80.0 Å². The van der Waals surface area contributed by atoms with Crippen LogP contribution < -0.4 is 98.2 Å². The van der Waals surface area contributed by atoms with Crippen LogP contribution in [-0.4, -0.2) is 262 Å². The largest absolute Gasteiger partial charge is 0.394 e. The van der Waals surface area contributed by atoms with Crippen LogP contribution in [0.15, 0.2) is 60.9 Å². The van der Waals surface area contributed by atoms with Crippen molar-refractivity contribution < 1.29 is 77.3 Å². The number of H-pyrrole nitrogens is 2. The third-order valence-corrected chi connectivity index (χ3v) is 20.3. The number of nitrogens with one attached hydrogen (secondary N) is 14. The molecule has 3 saturated heterocycles. The Bertz CT molecular complexity index is 3910. The monoisotopic (exact) mass is 1550 g/mol. The lowest BCUT2D eigenvalue weighted by Crippen LogP contribution is -2.63. The van der Waals surface area contributed by atoms with E-state index in [0.29, 0.717) is 39.4 Å². The number of aliphatic hydroxyl groups excluding tert-OH is 2. The Morgan fingerprint density at radius 3 is 1.18 bits per heavy atom. The number of amides is 14. The van der Waals surface area contributed by atoms with Gasteiger partial charge in [0.25, 0.3) is 0 Å². The molecular formula is C73H112N22O16. The number of aromatic amines is 2. The van der Waals surface area contributed by atoms with E-state index < -0.39 is 186 Å². The molecule has 2 aromatic heterocycles. The molecule has 3 aliphatic heterocycles. The number of nitrogens with zero attached hydrogens (tertiary/aromatic N) is 2. The number of benzene rings is 2. The van der Waals surface area contributed by atoms with E-state index in [9.17, 15) is 77.3 Å². The van der Waals surface area contributed by atoms with Crippen molar-refractivity contribution in [3.63, 3.8) is 0 Å². The molecule has 0 radical (unpaired) electrons. The molecule has 3 fully saturated rings. The first-order valence-electron chi connectivity index (χ1n) is 38.0. The number of nitrogens with two attached hydrogens (primary N) is 6. The van der Waals surface area contributed by atoms with Gasteiger partial charge in [0.15, 0.2) is 0 Å². The van der Waals surface area contributed by atoms with Crippen molar-refractivity contribution in [2.24, 2.45) is 40.3 Å². The number of carbonyl (C=O) groups excluding carboxylic acids is 14. The summed E-state index contributed by atoms with van der Waals surface area (Å²) in [5, 5.41) is 54.6. The van der Waals surface area contributed by atoms with E-state index in [4.69, 9.17) is 34.4 Å². The first-order valence-corrected chi connectivity index (χ1v) is 38.0. The molecule has 0 saturated carbocycles. The Kier molecular flexibility index (Phi) is 34.0. The van der Waals surface area contributed by atoms with E-state index in [1.54, 1.807) is 74.8 Å². The molecular weight excluding hydrogens is 1440 g/mol. The summed E-state index contributed by atoms with van der Waals surface area (Å²) in [4.78, 5) is 212. The summed E-state index contributed by atoms with van der Waals surface area (Å²) >= 11 is 0. The molecule has 28 N–H and O–H groups in total. The second kappa shape index (κ2) is 42.8. The van der Waals surface area contributed by atoms with Gasteiger partial charge < -0.3 is 128 Å². The fourth-order valence-corrected chi connectivity index (χ4v) is 13.8. The normalized spacial score (nSPS) is 27.1. The first-order chi connectivity index (χ1) is 53.1. The molecule has 3 aliphatic rings. The molecule has 0 spiro atoms. The van der Waals surface area contributed by atoms with Gasteiger partial charge >= 0.3 is 0 Å². The van der Waals surface area contributed by atoms with E-state index in [2.05, 4.69) is 73.8 Å². The van der Waals surface area contributed by atoms with Crippen LogP contribution >= 0.6 is 0 Å². The molecule has 16 atom stereocenters. The summed E-state index contributed by atoms with van der Waals surface area (Å²) in [6.45, 7) is 3.97. The number of aliphatic hydroxyl groups is 2. The molecule has 38 heteroatoms. The highest BCUT2D eigenvalue weighted by molar-refractivity contribution is 6.02. The van der Waals surface area contributed by atoms with Crippen molar-refractivity contribution in [2.45, 2.75) is 208 Å². The zero-order valence-corrected chi connectivity index (χ0v) is 63.2. The second-order valence-electron chi connectivity index (χ2n) is 28.4. The molecule has 14 amide bonds. The van der Waals surface area contributed by atoms with Gasteiger partial charge in [0.1, 0.15) is 84.6 Å². The predicted octanol–water partition coefficient (Wildman–Crippen LogP) is -6.83. The van der Waals surface area contributed by atoms with E-state index in [-0.39, 0.29) is 136 Å². The second-order valence-corrected chi connectivity index (χ2v) is 28.4. The van der Waals surface area contributed by atoms with Crippen molar-refractivity contribution in [3.05, 3.63) is 72.1 Å². The van der Waals surface area contributed by atoms with Crippen molar-refractivity contribution in [3.8, 4) is 0 Å². The zero-order chi connectivity index (χ0) is 81.2. The van der Waals surface area contributed by atoms with Crippen molar-refractivity contribution in [1.82, 2.24) is 83.6 Å². The van der Waals surface area contributed by atoms with Gasteiger partial charge in [-0.1, -0.05) is 56.7 Å². The smallest absolute Gasteiger partial charge is 0.248 e. The lowest BCUT2D eigenvalue weighted by atomic mass is 9.96. The maximum absolute atomic E-state index is 15.0. The van der Waals surface area contributed by atoms with Crippen LogP contribution in [0.25, 0.3) is 21.8 Å². The topological polar surface area (TPSA) is 618 Å². The van der Waals surface area contributed by atoms with Gasteiger partial charge in [0.2, 0.25) is 82.7 Å². The van der Waals surface area contributed by atoms with Crippen LogP contribution in [0, 0.1) is 5.92 Å². The summed E-state index contributed by atoms with van der Waals surface area (Å²) < 4.78 is 0. The van der Waals surface area contributed by atoms with Crippen LogP contribution in [0.2, 0.25) is 0 Å². The molecule has 11 unspecified atom stereocenters. The average molecular weight is 1550 g/mol. The number of para-hydroxylation sites is 2. The third kappa shape index (κ3) is 23.7. The number of carbonyl (C=O) groups is 14. The molecule has 38 nitrogen and oxygen atoms in total. The highest BCUT2D eigenvalue weighted by atomic mass is 16.3. The van der Waals surface area contributed by atoms with E-state index in [0.717, 1.165) is 4.90 Å². The number of aromatic nitrogens is 2. The fraction of sp³-hybridized carbons (Fsp3) is 0.589. The zero-order valence-electron chi connectivity index (χ0n) is 63.2. The van der Waals surface area contributed by atoms with Gasteiger partial charge in [0.05, 0.1) is 12.7 Å². The minimum atomic E-state index is -1.77. The van der Waals surface area contributed by atoms with Crippen LogP contribution in [0.3, 0.4) is 0 Å². The Morgan fingerprint density at radius 2 is 0.757 bits per heavy atom. The third-order valence-electron chi connectivity index (χ3n) is 20.3. The predicted molar refractivity (Wildman–Crippen MR) is 407 cm³/mol. The SMILES string of the molecule is CCC(C)[C@H]1NC(=O)[C@@H](Cc2c[nH]c3ccccc23)NC(=O)[C@@H](C(C)O)NC(=O)[C@H]2CCCN2C(=O)[C@@H]2CCCN2C(=O)C(CO)NC(=O)C(C)NC(=O)C(CCN)NC(=O)C(CCN)NC(=O)C(Cc2c[nH]c3ccccc23)NC(=O)C(CCN)NC(=O)C(CCN)NC(=O)C(CCCN)NC(=O)C(CCN)NC1=O. The van der Waals surface area contributed by atoms with Gasteiger partial charge in [0, 0.05) is 60.1 Å². The van der Waals surface area contributed by atoms with Gasteiger partial charge in [-0.25, -0.2) is 0 Å². The van der Waals surface area contributed by atoms with Crippen molar-refractivity contribution in [1.29, 1.82) is 0 Å². The van der Waals surface area contributed by atoms with Crippen LogP contribution in [0.1, 0.15) is 116 Å². The Labute approximate surface area is 642 Å². The Hall–Kier alpha value is -10.2. The van der Waals surface area contributed by atoms with Crippen molar-refractivity contribution in [2.75, 3.05) is 59.0 Å². The Morgan fingerprint density at radius 1 is 0.405 bits per heavy atom. The molecule has 5 heterocycles. The number of rotatable bonds is 21. The molecule has 2 aromatic carbocycles. The lowest BCUT2D eigenvalue weighted by molar-refractivity contribution is -0.148. The van der Waals surface area contributed by atoms with Gasteiger partial charge in [-0.2, -0.15) is 0 Å².